The van der Waals surface area contributed by atoms with Gasteiger partial charge in [0, 0.05) is 43.2 Å². The average Bonchev–Trinajstić information content (AvgIpc) is 2.97. The highest BCUT2D eigenvalue weighted by Gasteiger charge is 2.19. The lowest BCUT2D eigenvalue weighted by Gasteiger charge is -2.11. The van der Waals surface area contributed by atoms with Gasteiger partial charge in [-0.3, -0.25) is 4.68 Å². The van der Waals surface area contributed by atoms with Crippen LogP contribution >= 0.6 is 15.9 Å². The molecule has 0 saturated heterocycles. The summed E-state index contributed by atoms with van der Waals surface area (Å²) in [6.45, 7) is 0.989. The van der Waals surface area contributed by atoms with Crippen molar-refractivity contribution in [2.75, 3.05) is 18.9 Å². The second-order valence-electron chi connectivity index (χ2n) is 4.27. The van der Waals surface area contributed by atoms with Crippen molar-refractivity contribution < 1.29 is 8.42 Å². The van der Waals surface area contributed by atoms with E-state index >= 15 is 0 Å². The van der Waals surface area contributed by atoms with Crippen LogP contribution in [0.3, 0.4) is 0 Å². The second-order valence-corrected chi connectivity index (χ2v) is 6.92. The van der Waals surface area contributed by atoms with E-state index in [1.54, 1.807) is 24.1 Å². The van der Waals surface area contributed by atoms with Crippen LogP contribution in [0.2, 0.25) is 0 Å². The van der Waals surface area contributed by atoms with E-state index in [4.69, 9.17) is 0 Å². The molecule has 0 atom stereocenters. The first kappa shape index (κ1) is 15.9. The summed E-state index contributed by atoms with van der Waals surface area (Å²) in [5.41, 5.74) is 0. The average molecular weight is 374 g/mol. The van der Waals surface area contributed by atoms with E-state index in [2.05, 4.69) is 36.1 Å². The monoisotopic (exact) mass is 373 g/mol. The Morgan fingerprint density at radius 2 is 2.24 bits per heavy atom. The number of aromatic nitrogens is 3. The van der Waals surface area contributed by atoms with Crippen LogP contribution < -0.4 is 10.0 Å². The van der Waals surface area contributed by atoms with Crippen molar-refractivity contribution in [1.29, 1.82) is 0 Å². The number of nitrogens with zero attached hydrogens (tertiary/aromatic N) is 3. The van der Waals surface area contributed by atoms with Gasteiger partial charge in [-0.25, -0.2) is 18.1 Å². The summed E-state index contributed by atoms with van der Waals surface area (Å²) in [5, 5.41) is 6.84. The number of pyridine rings is 1. The predicted molar refractivity (Wildman–Crippen MR) is 83.5 cm³/mol. The molecule has 0 aromatic carbocycles. The number of nitrogens with one attached hydrogen (secondary N) is 2. The lowest BCUT2D eigenvalue weighted by Crippen LogP contribution is -2.26. The fourth-order valence-corrected chi connectivity index (χ4v) is 3.51. The van der Waals surface area contributed by atoms with Gasteiger partial charge in [-0.1, -0.05) is 0 Å². The van der Waals surface area contributed by atoms with Crippen molar-refractivity contribution >= 4 is 31.8 Å². The maximum absolute atomic E-state index is 12.3. The van der Waals surface area contributed by atoms with Gasteiger partial charge in [-0.15, -0.1) is 0 Å². The molecule has 2 aromatic rings. The van der Waals surface area contributed by atoms with Gasteiger partial charge >= 0.3 is 0 Å². The van der Waals surface area contributed by atoms with Gasteiger partial charge < -0.3 is 5.32 Å². The number of halogens is 1. The molecule has 0 spiro atoms. The fraction of sp³-hybridized carbons (Fsp3) is 0.333. The maximum Gasteiger partial charge on any atom is 0.244 e. The van der Waals surface area contributed by atoms with E-state index in [0.29, 0.717) is 29.8 Å². The fourth-order valence-electron chi connectivity index (χ4n) is 1.77. The summed E-state index contributed by atoms with van der Waals surface area (Å²) in [4.78, 5) is 4.16. The molecule has 2 N–H and O–H groups in total. The zero-order valence-corrected chi connectivity index (χ0v) is 13.9. The minimum atomic E-state index is -3.60. The molecule has 7 nitrogen and oxygen atoms in total. The lowest BCUT2D eigenvalue weighted by molar-refractivity contribution is 0.553. The molecular formula is C12H16BrN5O2S. The van der Waals surface area contributed by atoms with Crippen LogP contribution in [-0.2, 0) is 16.6 Å². The molecule has 21 heavy (non-hydrogen) atoms. The Kier molecular flexibility index (Phi) is 5.32. The quantitative estimate of drug-likeness (QED) is 0.717. The number of aryl methyl sites for hydroxylation is 1. The van der Waals surface area contributed by atoms with Crippen LogP contribution in [0.5, 0.6) is 0 Å². The summed E-state index contributed by atoms with van der Waals surface area (Å²) in [7, 11) is -1.97. The predicted octanol–water partition coefficient (Wildman–Crippen LogP) is 1.45. The SMILES string of the molecule is CNc1ncc(Br)cc1S(=O)(=O)NCCCn1cccn1. The molecule has 9 heteroatoms. The molecule has 0 radical (unpaired) electrons. The molecule has 0 aliphatic carbocycles. The van der Waals surface area contributed by atoms with E-state index < -0.39 is 10.0 Å². The van der Waals surface area contributed by atoms with Crippen LogP contribution in [0.25, 0.3) is 0 Å². The number of hydrogen-bond donors (Lipinski definition) is 2. The Labute approximate surface area is 132 Å². The minimum absolute atomic E-state index is 0.124. The third kappa shape index (κ3) is 4.26. The van der Waals surface area contributed by atoms with Gasteiger partial charge in [0.15, 0.2) is 0 Å². The Hall–Kier alpha value is -1.45. The van der Waals surface area contributed by atoms with E-state index in [0.717, 1.165) is 0 Å². The van der Waals surface area contributed by atoms with Crippen LogP contribution in [0, 0.1) is 0 Å². The molecule has 0 aliphatic rings. The summed E-state index contributed by atoms with van der Waals surface area (Å²) in [5.74, 6) is 0.317. The smallest absolute Gasteiger partial charge is 0.244 e. The third-order valence-electron chi connectivity index (χ3n) is 2.76. The first-order valence-electron chi connectivity index (χ1n) is 6.33. The van der Waals surface area contributed by atoms with E-state index in [1.165, 1.54) is 6.07 Å². The first-order valence-corrected chi connectivity index (χ1v) is 8.61. The molecule has 0 saturated carbocycles. The van der Waals surface area contributed by atoms with Crippen molar-refractivity contribution in [2.24, 2.45) is 0 Å². The van der Waals surface area contributed by atoms with E-state index in [9.17, 15) is 8.42 Å². The molecule has 114 valence electrons. The Bertz CT molecular complexity index is 688. The van der Waals surface area contributed by atoms with Gasteiger partial charge in [-0.05, 0) is 34.5 Å². The zero-order valence-electron chi connectivity index (χ0n) is 11.5. The highest BCUT2D eigenvalue weighted by molar-refractivity contribution is 9.10. The van der Waals surface area contributed by atoms with Crippen LogP contribution in [0.15, 0.2) is 40.1 Å². The second kappa shape index (κ2) is 7.01. The summed E-state index contributed by atoms with van der Waals surface area (Å²) in [6, 6.07) is 3.35. The summed E-state index contributed by atoms with van der Waals surface area (Å²) < 4.78 is 29.5. The molecular weight excluding hydrogens is 358 g/mol. The van der Waals surface area contributed by atoms with Crippen molar-refractivity contribution in [3.63, 3.8) is 0 Å². The number of anilines is 1. The summed E-state index contributed by atoms with van der Waals surface area (Å²) >= 11 is 3.23. The van der Waals surface area contributed by atoms with Gasteiger partial charge in [0.2, 0.25) is 10.0 Å². The van der Waals surface area contributed by atoms with Gasteiger partial charge in [0.1, 0.15) is 10.7 Å². The van der Waals surface area contributed by atoms with Gasteiger partial charge in [0.25, 0.3) is 0 Å². The van der Waals surface area contributed by atoms with E-state index in [-0.39, 0.29) is 4.90 Å². The molecule has 0 amide bonds. The summed E-state index contributed by atoms with van der Waals surface area (Å²) in [6.07, 6.45) is 5.72. The number of sulfonamides is 1. The lowest BCUT2D eigenvalue weighted by atomic mass is 10.4. The molecule has 0 fully saturated rings. The van der Waals surface area contributed by atoms with Crippen LogP contribution in [0.4, 0.5) is 5.82 Å². The topological polar surface area (TPSA) is 88.9 Å². The van der Waals surface area contributed by atoms with Crippen molar-refractivity contribution in [2.45, 2.75) is 17.9 Å². The standard InChI is InChI=1S/C12H16BrN5O2S/c1-14-12-11(8-10(13)9-15-12)21(19,20)17-5-3-7-18-6-2-4-16-18/h2,4,6,8-9,17H,3,5,7H2,1H3,(H,14,15). The van der Waals surface area contributed by atoms with Gasteiger partial charge in [-0.2, -0.15) is 5.10 Å². The first-order chi connectivity index (χ1) is 10.0. The molecule has 0 bridgehead atoms. The molecule has 2 rings (SSSR count). The Morgan fingerprint density at radius 1 is 1.43 bits per heavy atom. The molecule has 0 unspecified atom stereocenters. The Balaban J connectivity index is 1.99. The van der Waals surface area contributed by atoms with Crippen LogP contribution in [0.1, 0.15) is 6.42 Å². The zero-order chi connectivity index (χ0) is 15.3. The molecule has 2 heterocycles. The number of hydrogen-bond acceptors (Lipinski definition) is 5. The van der Waals surface area contributed by atoms with Gasteiger partial charge in [0.05, 0.1) is 0 Å². The molecule has 2 aromatic heterocycles. The van der Waals surface area contributed by atoms with Crippen molar-refractivity contribution in [1.82, 2.24) is 19.5 Å². The number of rotatable bonds is 7. The third-order valence-corrected chi connectivity index (χ3v) is 4.67. The highest BCUT2D eigenvalue weighted by atomic mass is 79.9. The minimum Gasteiger partial charge on any atom is -0.372 e. The molecule has 0 aliphatic heterocycles. The Morgan fingerprint density at radius 3 is 2.90 bits per heavy atom. The normalized spacial score (nSPS) is 11.5. The van der Waals surface area contributed by atoms with E-state index in [1.807, 2.05) is 12.3 Å². The van der Waals surface area contributed by atoms with Crippen LogP contribution in [-0.4, -0.2) is 36.8 Å². The maximum atomic E-state index is 12.3. The van der Waals surface area contributed by atoms with Crippen molar-refractivity contribution in [3.05, 3.63) is 35.2 Å². The highest BCUT2D eigenvalue weighted by Crippen LogP contribution is 2.22. The van der Waals surface area contributed by atoms with Crippen molar-refractivity contribution in [3.8, 4) is 0 Å². The largest absolute Gasteiger partial charge is 0.372 e.